The van der Waals surface area contributed by atoms with Crippen molar-refractivity contribution in [1.82, 2.24) is 9.88 Å². The number of rotatable bonds is 8. The highest BCUT2D eigenvalue weighted by molar-refractivity contribution is 6.00. The number of aromatic nitrogens is 1. The van der Waals surface area contributed by atoms with Crippen molar-refractivity contribution in [3.63, 3.8) is 0 Å². The van der Waals surface area contributed by atoms with Crippen molar-refractivity contribution in [3.8, 4) is 0 Å². The average Bonchev–Trinajstić information content (AvgIpc) is 2.67. The fourth-order valence-corrected chi connectivity index (χ4v) is 2.37. The zero-order valence-electron chi connectivity index (χ0n) is 16.7. The molecule has 0 saturated heterocycles. The molecule has 0 spiro atoms. The van der Waals surface area contributed by atoms with Crippen molar-refractivity contribution < 1.29 is 24.2 Å². The topological polar surface area (TPSA) is 121 Å². The quantitative estimate of drug-likeness (QED) is 0.498. The number of carboxylic acid groups (broad SMARTS) is 1. The van der Waals surface area contributed by atoms with Crippen LogP contribution < -0.4 is 16.2 Å². The molecule has 1 aromatic heterocycles. The van der Waals surface area contributed by atoms with Gasteiger partial charge in [-0.3, -0.25) is 14.4 Å². The summed E-state index contributed by atoms with van der Waals surface area (Å²) < 4.78 is 15.0. The third kappa shape index (κ3) is 7.04. The largest absolute Gasteiger partial charge is 0.480 e. The maximum absolute atomic E-state index is 14.1. The van der Waals surface area contributed by atoms with Crippen molar-refractivity contribution in [2.75, 3.05) is 18.5 Å². The van der Waals surface area contributed by atoms with Gasteiger partial charge in [-0.15, -0.1) is 0 Å². The van der Waals surface area contributed by atoms with Gasteiger partial charge in [-0.2, -0.15) is 0 Å². The predicted octanol–water partition coefficient (Wildman–Crippen LogP) is 2.26. The van der Waals surface area contributed by atoms with Crippen molar-refractivity contribution in [2.24, 2.45) is 0 Å². The molecule has 0 aliphatic carbocycles. The first-order chi connectivity index (χ1) is 13.8. The second-order valence-electron chi connectivity index (χ2n) is 5.90. The maximum Gasteiger partial charge on any atom is 0.323 e. The lowest BCUT2D eigenvalue weighted by molar-refractivity contribution is -0.137. The number of amides is 1. The van der Waals surface area contributed by atoms with E-state index in [0.29, 0.717) is 12.0 Å². The summed E-state index contributed by atoms with van der Waals surface area (Å²) in [6, 6.07) is 5.48. The second-order valence-corrected chi connectivity index (χ2v) is 5.90. The lowest BCUT2D eigenvalue weighted by Gasteiger charge is -2.15. The minimum atomic E-state index is -1.24. The fourth-order valence-electron chi connectivity index (χ4n) is 2.37. The number of benzene rings is 1. The fraction of sp³-hybridized carbons (Fsp3) is 0.350. The predicted molar refractivity (Wildman–Crippen MR) is 108 cm³/mol. The van der Waals surface area contributed by atoms with Gasteiger partial charge in [-0.05, 0) is 31.0 Å². The number of carboxylic acids is 1. The number of hydrogen-bond acceptors (Lipinski definition) is 5. The average molecular weight is 407 g/mol. The minimum absolute atomic E-state index is 0.0197. The van der Waals surface area contributed by atoms with Crippen LogP contribution in [0.1, 0.15) is 36.2 Å². The molecule has 0 atom stereocenters. The number of aryl methyl sites for hydroxylation is 1. The van der Waals surface area contributed by atoms with Gasteiger partial charge < -0.3 is 25.4 Å². The van der Waals surface area contributed by atoms with E-state index in [1.807, 2.05) is 13.8 Å². The molecule has 9 heteroatoms. The van der Waals surface area contributed by atoms with E-state index in [1.54, 1.807) is 13.0 Å². The van der Waals surface area contributed by atoms with Crippen LogP contribution in [-0.4, -0.2) is 39.8 Å². The zero-order valence-corrected chi connectivity index (χ0v) is 16.7. The van der Waals surface area contributed by atoms with E-state index < -0.39 is 29.8 Å². The first kappa shape index (κ1) is 23.8. The van der Waals surface area contributed by atoms with E-state index >= 15 is 0 Å². The molecule has 1 aromatic carbocycles. The van der Waals surface area contributed by atoms with E-state index in [1.165, 1.54) is 12.1 Å². The van der Waals surface area contributed by atoms with Crippen molar-refractivity contribution in [1.29, 1.82) is 0 Å². The van der Waals surface area contributed by atoms with Crippen LogP contribution in [0.25, 0.3) is 0 Å². The molecule has 0 unspecified atom stereocenters. The van der Waals surface area contributed by atoms with Crippen molar-refractivity contribution >= 4 is 23.3 Å². The summed E-state index contributed by atoms with van der Waals surface area (Å²) in [4.78, 5) is 35.5. The molecule has 158 valence electrons. The maximum atomic E-state index is 14.1. The van der Waals surface area contributed by atoms with Crippen LogP contribution in [0, 0.1) is 12.7 Å². The standard InChI is InChI=1S/C18H20FN3O5.C2H6/c1-11-3-4-14(13(19)7-11)21-15-8-16(24)22(10-17(25)26)9-12(15)18(27)20-5-2-6-23;1-2/h3-4,7-9,21,23H,2,5-6,10H2,1H3,(H,20,27)(H,25,26);1-2H3. The zero-order chi connectivity index (χ0) is 22.0. The van der Waals surface area contributed by atoms with E-state index in [9.17, 15) is 18.8 Å². The van der Waals surface area contributed by atoms with Crippen LogP contribution in [0.5, 0.6) is 0 Å². The van der Waals surface area contributed by atoms with Crippen LogP contribution >= 0.6 is 0 Å². The molecule has 2 aromatic rings. The Morgan fingerprint density at radius 1 is 1.17 bits per heavy atom. The molecular formula is C20H26FN3O5. The molecule has 0 aliphatic heterocycles. The molecule has 0 fully saturated rings. The molecule has 2 rings (SSSR count). The summed E-state index contributed by atoms with van der Waals surface area (Å²) in [5.41, 5.74) is 0.149. The molecule has 1 amide bonds. The Labute approximate surface area is 168 Å². The van der Waals surface area contributed by atoms with Crippen LogP contribution in [0.4, 0.5) is 15.8 Å². The van der Waals surface area contributed by atoms with E-state index in [0.717, 1.165) is 16.8 Å². The monoisotopic (exact) mass is 407 g/mol. The third-order valence-corrected chi connectivity index (χ3v) is 3.69. The molecule has 29 heavy (non-hydrogen) atoms. The Kier molecular flexibility index (Phi) is 9.54. The highest BCUT2D eigenvalue weighted by atomic mass is 19.1. The summed E-state index contributed by atoms with van der Waals surface area (Å²) in [7, 11) is 0. The smallest absolute Gasteiger partial charge is 0.323 e. The Morgan fingerprint density at radius 2 is 1.86 bits per heavy atom. The van der Waals surface area contributed by atoms with E-state index in [4.69, 9.17) is 10.2 Å². The Morgan fingerprint density at radius 3 is 2.45 bits per heavy atom. The van der Waals surface area contributed by atoms with Crippen molar-refractivity contribution in [3.05, 3.63) is 57.8 Å². The number of hydrogen-bond donors (Lipinski definition) is 4. The highest BCUT2D eigenvalue weighted by Crippen LogP contribution is 2.23. The number of halogens is 1. The number of anilines is 2. The number of carbonyl (C=O) groups excluding carboxylic acids is 1. The molecule has 4 N–H and O–H groups in total. The Bertz CT molecular complexity index is 911. The first-order valence-electron chi connectivity index (χ1n) is 9.20. The van der Waals surface area contributed by atoms with Crippen LogP contribution in [0.15, 0.2) is 35.3 Å². The Hall–Kier alpha value is -3.20. The highest BCUT2D eigenvalue weighted by Gasteiger charge is 2.16. The van der Waals surface area contributed by atoms with Crippen LogP contribution in [0.3, 0.4) is 0 Å². The molecule has 1 heterocycles. The summed E-state index contributed by atoms with van der Waals surface area (Å²) in [5, 5.41) is 23.0. The van der Waals surface area contributed by atoms with Gasteiger partial charge in [0, 0.05) is 25.4 Å². The first-order valence-corrected chi connectivity index (χ1v) is 9.20. The van der Waals surface area contributed by atoms with Gasteiger partial charge >= 0.3 is 5.97 Å². The lowest BCUT2D eigenvalue weighted by atomic mass is 10.1. The van der Waals surface area contributed by atoms with Gasteiger partial charge in [-0.1, -0.05) is 19.9 Å². The number of aliphatic carboxylic acids is 1. The molecular weight excluding hydrogens is 381 g/mol. The summed E-state index contributed by atoms with van der Waals surface area (Å²) >= 11 is 0. The van der Waals surface area contributed by atoms with Gasteiger partial charge in [0.25, 0.3) is 11.5 Å². The van der Waals surface area contributed by atoms with E-state index in [2.05, 4.69) is 10.6 Å². The third-order valence-electron chi connectivity index (χ3n) is 3.69. The second kappa shape index (κ2) is 11.6. The number of pyridine rings is 1. The summed E-state index contributed by atoms with van der Waals surface area (Å²) in [6.45, 7) is 5.18. The van der Waals surface area contributed by atoms with Crippen LogP contribution in [0.2, 0.25) is 0 Å². The SMILES string of the molecule is CC.Cc1ccc(Nc2cc(=O)n(CC(=O)O)cc2C(=O)NCCCO)c(F)c1. The number of aliphatic hydroxyl groups excluding tert-OH is 1. The number of aliphatic hydroxyl groups is 1. The molecule has 0 saturated carbocycles. The summed E-state index contributed by atoms with van der Waals surface area (Å²) in [6.07, 6.45) is 1.44. The van der Waals surface area contributed by atoms with Gasteiger partial charge in [0.15, 0.2) is 0 Å². The van der Waals surface area contributed by atoms with Gasteiger partial charge in [0.1, 0.15) is 12.4 Å². The van der Waals surface area contributed by atoms with Gasteiger partial charge in [0.05, 0.1) is 16.9 Å². The molecule has 0 aliphatic rings. The van der Waals surface area contributed by atoms with E-state index in [-0.39, 0.29) is 30.1 Å². The Balaban J connectivity index is 0.00000204. The van der Waals surface area contributed by atoms with Gasteiger partial charge in [0.2, 0.25) is 0 Å². The summed E-state index contributed by atoms with van der Waals surface area (Å²) in [5.74, 6) is -2.39. The normalized spacial score (nSPS) is 9.97. The molecule has 8 nitrogen and oxygen atoms in total. The number of carbonyl (C=O) groups is 2. The minimum Gasteiger partial charge on any atom is -0.480 e. The number of nitrogens with zero attached hydrogens (tertiary/aromatic N) is 1. The van der Waals surface area contributed by atoms with Gasteiger partial charge in [-0.25, -0.2) is 4.39 Å². The molecule has 0 bridgehead atoms. The van der Waals surface area contributed by atoms with Crippen molar-refractivity contribution in [2.45, 2.75) is 33.7 Å². The number of nitrogens with one attached hydrogen (secondary N) is 2. The lowest BCUT2D eigenvalue weighted by Crippen LogP contribution is -2.30. The van der Waals surface area contributed by atoms with Crippen LogP contribution in [-0.2, 0) is 11.3 Å². The molecule has 0 radical (unpaired) electrons.